The average Bonchev–Trinajstić information content (AvgIpc) is 2.42. The molecular formula is C13H14BrN3O3. The quantitative estimate of drug-likeness (QED) is 0.883. The summed E-state index contributed by atoms with van der Waals surface area (Å²) < 4.78 is 6.13. The summed E-state index contributed by atoms with van der Waals surface area (Å²) in [6.45, 7) is 1.87. The number of benzene rings is 1. The third-order valence-corrected chi connectivity index (χ3v) is 3.35. The summed E-state index contributed by atoms with van der Waals surface area (Å²) in [5.41, 5.74) is 4.06. The van der Waals surface area contributed by atoms with Crippen molar-refractivity contribution in [2.75, 3.05) is 12.4 Å². The van der Waals surface area contributed by atoms with Gasteiger partial charge in [0.15, 0.2) is 0 Å². The van der Waals surface area contributed by atoms with Crippen LogP contribution in [0.1, 0.15) is 18.4 Å². The minimum Gasteiger partial charge on any atom is -0.495 e. The Hall–Kier alpha value is -1.89. The van der Waals surface area contributed by atoms with Gasteiger partial charge in [0.1, 0.15) is 11.5 Å². The fraction of sp³-hybridized carbons (Fsp3) is 0.308. The molecule has 0 bridgehead atoms. The van der Waals surface area contributed by atoms with Gasteiger partial charge in [0.2, 0.25) is 5.91 Å². The first-order valence-electron chi connectivity index (χ1n) is 6.02. The SMILES string of the molecule is COc1cc(Br)cc(C)c1NC(=O)C1=NNC(=O)CC1. The van der Waals surface area contributed by atoms with E-state index < -0.39 is 0 Å². The molecular weight excluding hydrogens is 326 g/mol. The molecule has 7 heteroatoms. The third kappa shape index (κ3) is 3.16. The zero-order valence-electron chi connectivity index (χ0n) is 11.1. The van der Waals surface area contributed by atoms with Crippen molar-refractivity contribution in [3.05, 3.63) is 22.2 Å². The Labute approximate surface area is 124 Å². The minimum absolute atomic E-state index is 0.182. The molecule has 1 aliphatic heterocycles. The second-order valence-electron chi connectivity index (χ2n) is 4.35. The van der Waals surface area contributed by atoms with Crippen LogP contribution < -0.4 is 15.5 Å². The minimum atomic E-state index is -0.339. The Kier molecular flexibility index (Phi) is 4.39. The number of hydrogen-bond donors (Lipinski definition) is 2. The number of methoxy groups -OCH3 is 1. The maximum Gasteiger partial charge on any atom is 0.271 e. The second kappa shape index (κ2) is 6.04. The summed E-state index contributed by atoms with van der Waals surface area (Å²) in [6, 6.07) is 3.65. The van der Waals surface area contributed by atoms with E-state index in [2.05, 4.69) is 31.8 Å². The number of nitrogens with zero attached hydrogens (tertiary/aromatic N) is 1. The maximum atomic E-state index is 12.1. The van der Waals surface area contributed by atoms with Gasteiger partial charge in [-0.05, 0) is 24.6 Å². The van der Waals surface area contributed by atoms with Crippen LogP contribution in [-0.2, 0) is 9.59 Å². The highest BCUT2D eigenvalue weighted by atomic mass is 79.9. The molecule has 2 rings (SSSR count). The van der Waals surface area contributed by atoms with Crippen LogP contribution in [0.2, 0.25) is 0 Å². The lowest BCUT2D eigenvalue weighted by molar-refractivity contribution is -0.121. The molecule has 1 aliphatic rings. The molecule has 0 saturated heterocycles. The fourth-order valence-electron chi connectivity index (χ4n) is 1.86. The van der Waals surface area contributed by atoms with Crippen LogP contribution in [0.4, 0.5) is 5.69 Å². The van der Waals surface area contributed by atoms with Gasteiger partial charge in [-0.2, -0.15) is 5.10 Å². The van der Waals surface area contributed by atoms with Crippen molar-refractivity contribution in [3.8, 4) is 5.75 Å². The number of anilines is 1. The molecule has 2 N–H and O–H groups in total. The Morgan fingerprint density at radius 3 is 2.80 bits per heavy atom. The highest BCUT2D eigenvalue weighted by Crippen LogP contribution is 2.32. The van der Waals surface area contributed by atoms with Gasteiger partial charge in [-0.3, -0.25) is 9.59 Å². The second-order valence-corrected chi connectivity index (χ2v) is 5.26. The number of hydrogen-bond acceptors (Lipinski definition) is 4. The average molecular weight is 340 g/mol. The van der Waals surface area contributed by atoms with E-state index in [1.54, 1.807) is 6.07 Å². The van der Waals surface area contributed by atoms with Gasteiger partial charge in [0.25, 0.3) is 5.91 Å². The molecule has 0 aromatic heterocycles. The lowest BCUT2D eigenvalue weighted by Crippen LogP contribution is -2.33. The van der Waals surface area contributed by atoms with E-state index >= 15 is 0 Å². The number of ether oxygens (including phenoxy) is 1. The molecule has 1 aromatic rings. The van der Waals surface area contributed by atoms with Gasteiger partial charge in [-0.1, -0.05) is 15.9 Å². The summed E-state index contributed by atoms with van der Waals surface area (Å²) in [5.74, 6) is 0.0401. The van der Waals surface area contributed by atoms with E-state index in [9.17, 15) is 9.59 Å². The van der Waals surface area contributed by atoms with Crippen LogP contribution in [0.3, 0.4) is 0 Å². The van der Waals surface area contributed by atoms with Crippen LogP contribution in [0.25, 0.3) is 0 Å². The lowest BCUT2D eigenvalue weighted by atomic mass is 10.1. The molecule has 0 saturated carbocycles. The normalized spacial score (nSPS) is 14.3. The summed E-state index contributed by atoms with van der Waals surface area (Å²) in [5, 5.41) is 6.54. The third-order valence-electron chi connectivity index (χ3n) is 2.89. The number of carbonyl (C=O) groups excluding carboxylic acids is 2. The van der Waals surface area contributed by atoms with Gasteiger partial charge in [-0.15, -0.1) is 0 Å². The zero-order valence-corrected chi connectivity index (χ0v) is 12.7. The number of carbonyl (C=O) groups is 2. The maximum absolute atomic E-state index is 12.1. The van der Waals surface area contributed by atoms with Gasteiger partial charge in [-0.25, -0.2) is 5.43 Å². The molecule has 20 heavy (non-hydrogen) atoms. The molecule has 0 fully saturated rings. The van der Waals surface area contributed by atoms with Crippen LogP contribution in [0.15, 0.2) is 21.7 Å². The van der Waals surface area contributed by atoms with E-state index in [0.29, 0.717) is 23.6 Å². The monoisotopic (exact) mass is 339 g/mol. The highest BCUT2D eigenvalue weighted by molar-refractivity contribution is 9.10. The van der Waals surface area contributed by atoms with Crippen molar-refractivity contribution in [2.24, 2.45) is 5.10 Å². The smallest absolute Gasteiger partial charge is 0.271 e. The largest absolute Gasteiger partial charge is 0.495 e. The van der Waals surface area contributed by atoms with Crippen LogP contribution in [-0.4, -0.2) is 24.6 Å². The number of amides is 2. The number of hydrazone groups is 1. The zero-order chi connectivity index (χ0) is 14.7. The Balaban J connectivity index is 2.22. The molecule has 1 aromatic carbocycles. The van der Waals surface area contributed by atoms with Crippen LogP contribution in [0, 0.1) is 6.92 Å². The van der Waals surface area contributed by atoms with Gasteiger partial charge in [0, 0.05) is 17.3 Å². The first kappa shape index (κ1) is 14.5. The molecule has 0 spiro atoms. The Bertz CT molecular complexity index is 599. The van der Waals surface area contributed by atoms with Crippen molar-refractivity contribution >= 4 is 39.1 Å². The summed E-state index contributed by atoms with van der Waals surface area (Å²) >= 11 is 3.37. The standard InChI is InChI=1S/C13H14BrN3O3/c1-7-5-8(14)6-10(20-2)12(7)15-13(19)9-3-4-11(18)17-16-9/h5-6H,3-4H2,1-2H3,(H,15,19)(H,17,18). The molecule has 0 unspecified atom stereocenters. The van der Waals surface area contributed by atoms with Crippen molar-refractivity contribution in [2.45, 2.75) is 19.8 Å². The van der Waals surface area contributed by atoms with Crippen molar-refractivity contribution in [1.29, 1.82) is 0 Å². The summed E-state index contributed by atoms with van der Waals surface area (Å²) in [6.07, 6.45) is 0.596. The first-order valence-corrected chi connectivity index (χ1v) is 6.81. The van der Waals surface area contributed by atoms with E-state index in [-0.39, 0.29) is 18.2 Å². The van der Waals surface area contributed by atoms with Gasteiger partial charge in [0.05, 0.1) is 12.8 Å². The predicted molar refractivity (Wildman–Crippen MR) is 78.9 cm³/mol. The Morgan fingerprint density at radius 2 is 2.20 bits per heavy atom. The molecule has 0 radical (unpaired) electrons. The molecule has 106 valence electrons. The number of aryl methyl sites for hydroxylation is 1. The molecule has 1 heterocycles. The van der Waals surface area contributed by atoms with Crippen LogP contribution in [0.5, 0.6) is 5.75 Å². The molecule has 0 aliphatic carbocycles. The van der Waals surface area contributed by atoms with Crippen molar-refractivity contribution < 1.29 is 14.3 Å². The number of rotatable bonds is 3. The van der Waals surface area contributed by atoms with Crippen LogP contribution >= 0.6 is 15.9 Å². The van der Waals surface area contributed by atoms with E-state index in [1.165, 1.54) is 7.11 Å². The summed E-state index contributed by atoms with van der Waals surface area (Å²) in [7, 11) is 1.54. The fourth-order valence-corrected chi connectivity index (χ4v) is 2.41. The highest BCUT2D eigenvalue weighted by Gasteiger charge is 2.20. The topological polar surface area (TPSA) is 79.8 Å². The van der Waals surface area contributed by atoms with Crippen molar-refractivity contribution in [1.82, 2.24) is 5.43 Å². The van der Waals surface area contributed by atoms with E-state index in [1.807, 2.05) is 13.0 Å². The van der Waals surface area contributed by atoms with E-state index in [4.69, 9.17) is 4.74 Å². The van der Waals surface area contributed by atoms with Gasteiger partial charge >= 0.3 is 0 Å². The first-order chi connectivity index (χ1) is 9.51. The predicted octanol–water partition coefficient (Wildman–Crippen LogP) is 1.97. The van der Waals surface area contributed by atoms with Crippen molar-refractivity contribution in [3.63, 3.8) is 0 Å². The number of halogens is 1. The molecule has 6 nitrogen and oxygen atoms in total. The van der Waals surface area contributed by atoms with E-state index in [0.717, 1.165) is 10.0 Å². The Morgan fingerprint density at radius 1 is 1.45 bits per heavy atom. The lowest BCUT2D eigenvalue weighted by Gasteiger charge is -2.16. The van der Waals surface area contributed by atoms with Gasteiger partial charge < -0.3 is 10.1 Å². The number of nitrogens with one attached hydrogen (secondary N) is 2. The summed E-state index contributed by atoms with van der Waals surface area (Å²) in [4.78, 5) is 23.1. The molecule has 2 amide bonds. The molecule has 0 atom stereocenters.